The number of anilines is 1. The summed E-state index contributed by atoms with van der Waals surface area (Å²) in [5, 5.41) is 25.1. The van der Waals surface area contributed by atoms with Crippen LogP contribution in [0, 0.1) is 11.3 Å². The van der Waals surface area contributed by atoms with Gasteiger partial charge in [0.2, 0.25) is 0 Å². The number of ether oxygens (including phenoxy) is 1. The largest absolute Gasteiger partial charge is 0.503 e. The van der Waals surface area contributed by atoms with Crippen molar-refractivity contribution in [3.63, 3.8) is 0 Å². The van der Waals surface area contributed by atoms with Gasteiger partial charge in [-0.05, 0) is 12.1 Å². The van der Waals surface area contributed by atoms with Gasteiger partial charge >= 0.3 is 0 Å². The molecule has 0 atom stereocenters. The molecule has 0 unspecified atom stereocenters. The molecular formula is C11H10N4O2. The standard InChI is InChI=1S/C11H10N4O2/c1-17-9-3-6(2-7(5-12)11(9)16)8-4-10(13)15-14-8/h2-4,16H,1H3,(H3,13,14,15). The van der Waals surface area contributed by atoms with Gasteiger partial charge in [0, 0.05) is 11.6 Å². The maximum atomic E-state index is 9.67. The Bertz CT molecular complexity index is 598. The maximum Gasteiger partial charge on any atom is 0.175 e. The van der Waals surface area contributed by atoms with Gasteiger partial charge in [0.25, 0.3) is 0 Å². The third kappa shape index (κ3) is 1.86. The first-order valence-electron chi connectivity index (χ1n) is 4.78. The molecule has 0 saturated carbocycles. The Kier molecular flexibility index (Phi) is 2.58. The Labute approximate surface area is 97.3 Å². The van der Waals surface area contributed by atoms with Gasteiger partial charge in [-0.1, -0.05) is 0 Å². The monoisotopic (exact) mass is 230 g/mol. The number of nitrogen functional groups attached to an aromatic ring is 1. The molecule has 0 radical (unpaired) electrons. The Morgan fingerprint density at radius 2 is 2.24 bits per heavy atom. The molecule has 0 saturated heterocycles. The number of nitriles is 1. The molecule has 0 spiro atoms. The molecule has 17 heavy (non-hydrogen) atoms. The normalized spacial score (nSPS) is 9.88. The van der Waals surface area contributed by atoms with E-state index in [1.54, 1.807) is 12.1 Å². The van der Waals surface area contributed by atoms with Crippen LogP contribution in [0.2, 0.25) is 0 Å². The SMILES string of the molecule is COc1cc(-c2cc(N)n[nH]2)cc(C#N)c1O. The van der Waals surface area contributed by atoms with E-state index in [1.165, 1.54) is 13.2 Å². The molecule has 2 rings (SSSR count). The first-order chi connectivity index (χ1) is 8.15. The van der Waals surface area contributed by atoms with E-state index in [9.17, 15) is 5.11 Å². The van der Waals surface area contributed by atoms with Crippen molar-refractivity contribution in [1.29, 1.82) is 5.26 Å². The third-order valence-electron chi connectivity index (χ3n) is 2.32. The maximum absolute atomic E-state index is 9.67. The predicted molar refractivity (Wildman–Crippen MR) is 61.4 cm³/mol. The summed E-state index contributed by atoms with van der Waals surface area (Å²) in [6.07, 6.45) is 0. The van der Waals surface area contributed by atoms with Crippen molar-refractivity contribution in [3.8, 4) is 28.8 Å². The van der Waals surface area contributed by atoms with Gasteiger partial charge < -0.3 is 15.6 Å². The smallest absolute Gasteiger partial charge is 0.175 e. The van der Waals surface area contributed by atoms with E-state index in [2.05, 4.69) is 10.2 Å². The molecule has 0 fully saturated rings. The van der Waals surface area contributed by atoms with Crippen molar-refractivity contribution in [1.82, 2.24) is 10.2 Å². The molecule has 4 N–H and O–H groups in total. The number of hydrogen-bond acceptors (Lipinski definition) is 5. The Balaban J connectivity index is 2.60. The molecule has 0 aliphatic heterocycles. The second-order valence-electron chi connectivity index (χ2n) is 3.39. The van der Waals surface area contributed by atoms with E-state index in [0.29, 0.717) is 17.1 Å². The number of aromatic amines is 1. The van der Waals surface area contributed by atoms with Crippen LogP contribution >= 0.6 is 0 Å². The van der Waals surface area contributed by atoms with Crippen molar-refractivity contribution in [2.75, 3.05) is 12.8 Å². The first kappa shape index (κ1) is 10.8. The van der Waals surface area contributed by atoms with Crippen LogP contribution < -0.4 is 10.5 Å². The lowest BCUT2D eigenvalue weighted by molar-refractivity contribution is 0.373. The topological polar surface area (TPSA) is 108 Å². The quantitative estimate of drug-likeness (QED) is 0.719. The zero-order valence-corrected chi connectivity index (χ0v) is 9.06. The molecule has 86 valence electrons. The molecule has 1 aromatic heterocycles. The Hall–Kier alpha value is -2.68. The summed E-state index contributed by atoms with van der Waals surface area (Å²) in [5.74, 6) is 0.406. The summed E-state index contributed by atoms with van der Waals surface area (Å²) in [6, 6.07) is 6.66. The van der Waals surface area contributed by atoms with Gasteiger partial charge in [-0.15, -0.1) is 0 Å². The summed E-state index contributed by atoms with van der Waals surface area (Å²) < 4.78 is 4.99. The fraction of sp³-hybridized carbons (Fsp3) is 0.0909. The zero-order chi connectivity index (χ0) is 12.4. The van der Waals surface area contributed by atoms with Gasteiger partial charge in [-0.2, -0.15) is 10.4 Å². The number of methoxy groups -OCH3 is 1. The number of aromatic nitrogens is 2. The number of benzene rings is 1. The van der Waals surface area contributed by atoms with Crippen molar-refractivity contribution in [3.05, 3.63) is 23.8 Å². The second-order valence-corrected chi connectivity index (χ2v) is 3.39. The number of hydrogen-bond donors (Lipinski definition) is 3. The van der Waals surface area contributed by atoms with Gasteiger partial charge in [-0.3, -0.25) is 5.10 Å². The van der Waals surface area contributed by atoms with Crippen LogP contribution in [0.25, 0.3) is 11.3 Å². The second kappa shape index (κ2) is 4.06. The van der Waals surface area contributed by atoms with Crippen LogP contribution in [-0.4, -0.2) is 22.4 Å². The summed E-state index contributed by atoms with van der Waals surface area (Å²) in [7, 11) is 1.42. The predicted octanol–water partition coefficient (Wildman–Crippen LogP) is 1.24. The van der Waals surface area contributed by atoms with E-state index in [-0.39, 0.29) is 17.1 Å². The lowest BCUT2D eigenvalue weighted by atomic mass is 10.1. The van der Waals surface area contributed by atoms with Crippen LogP contribution in [-0.2, 0) is 0 Å². The fourth-order valence-corrected chi connectivity index (χ4v) is 1.49. The van der Waals surface area contributed by atoms with E-state index < -0.39 is 0 Å². The zero-order valence-electron chi connectivity index (χ0n) is 9.06. The van der Waals surface area contributed by atoms with E-state index in [4.69, 9.17) is 15.7 Å². The average Bonchev–Trinajstić information content (AvgIpc) is 2.76. The molecule has 1 aromatic carbocycles. The number of H-pyrrole nitrogens is 1. The van der Waals surface area contributed by atoms with Gasteiger partial charge in [0.15, 0.2) is 11.5 Å². The summed E-state index contributed by atoms with van der Waals surface area (Å²) in [4.78, 5) is 0. The minimum atomic E-state index is -0.175. The molecule has 6 heteroatoms. The number of nitrogens with one attached hydrogen (secondary N) is 1. The summed E-state index contributed by atoms with van der Waals surface area (Å²) in [6.45, 7) is 0. The minimum absolute atomic E-state index is 0.132. The highest BCUT2D eigenvalue weighted by atomic mass is 16.5. The van der Waals surface area contributed by atoms with Crippen molar-refractivity contribution in [2.45, 2.75) is 0 Å². The minimum Gasteiger partial charge on any atom is -0.503 e. The third-order valence-corrected chi connectivity index (χ3v) is 2.32. The molecule has 0 aliphatic carbocycles. The fourth-order valence-electron chi connectivity index (χ4n) is 1.49. The summed E-state index contributed by atoms with van der Waals surface area (Å²) >= 11 is 0. The van der Waals surface area contributed by atoms with Gasteiger partial charge in [0.1, 0.15) is 11.9 Å². The molecule has 2 aromatic rings. The Morgan fingerprint density at radius 3 is 2.76 bits per heavy atom. The molecule has 6 nitrogen and oxygen atoms in total. The highest BCUT2D eigenvalue weighted by molar-refractivity contribution is 5.69. The van der Waals surface area contributed by atoms with Crippen LogP contribution in [0.3, 0.4) is 0 Å². The van der Waals surface area contributed by atoms with E-state index in [1.807, 2.05) is 6.07 Å². The summed E-state index contributed by atoms with van der Waals surface area (Å²) in [5.41, 5.74) is 6.95. The number of phenols is 1. The van der Waals surface area contributed by atoms with E-state index >= 15 is 0 Å². The van der Waals surface area contributed by atoms with Crippen LogP contribution in [0.1, 0.15) is 5.56 Å². The van der Waals surface area contributed by atoms with Crippen LogP contribution in [0.5, 0.6) is 11.5 Å². The highest BCUT2D eigenvalue weighted by Gasteiger charge is 2.12. The molecular weight excluding hydrogens is 220 g/mol. The lowest BCUT2D eigenvalue weighted by Crippen LogP contribution is -1.89. The lowest BCUT2D eigenvalue weighted by Gasteiger charge is -2.07. The number of rotatable bonds is 2. The van der Waals surface area contributed by atoms with Gasteiger partial charge in [-0.25, -0.2) is 0 Å². The number of aromatic hydroxyl groups is 1. The number of nitrogens with two attached hydrogens (primary N) is 1. The van der Waals surface area contributed by atoms with Crippen molar-refractivity contribution >= 4 is 5.82 Å². The Morgan fingerprint density at radius 1 is 1.47 bits per heavy atom. The highest BCUT2D eigenvalue weighted by Crippen LogP contribution is 2.34. The molecule has 1 heterocycles. The average molecular weight is 230 g/mol. The van der Waals surface area contributed by atoms with Crippen molar-refractivity contribution in [2.24, 2.45) is 0 Å². The van der Waals surface area contributed by atoms with Crippen LogP contribution in [0.4, 0.5) is 5.82 Å². The van der Waals surface area contributed by atoms with E-state index in [0.717, 1.165) is 0 Å². The number of nitrogens with zero attached hydrogens (tertiary/aromatic N) is 2. The number of phenolic OH excluding ortho intramolecular Hbond substituents is 1. The molecule has 0 amide bonds. The first-order valence-corrected chi connectivity index (χ1v) is 4.78. The van der Waals surface area contributed by atoms with Gasteiger partial charge in [0.05, 0.1) is 18.4 Å². The molecule has 0 aliphatic rings. The van der Waals surface area contributed by atoms with Crippen LogP contribution in [0.15, 0.2) is 18.2 Å². The van der Waals surface area contributed by atoms with Crippen molar-refractivity contribution < 1.29 is 9.84 Å². The molecule has 0 bridgehead atoms.